The quantitative estimate of drug-likeness (QED) is 0.798. The van der Waals surface area contributed by atoms with Gasteiger partial charge in [-0.15, -0.1) is 0 Å². The largest absolute Gasteiger partial charge is 0.484 e. The Bertz CT molecular complexity index is 756. The van der Waals surface area contributed by atoms with E-state index in [4.69, 9.17) is 4.74 Å². The number of rotatable bonds is 6. The van der Waals surface area contributed by atoms with Crippen LogP contribution in [-0.4, -0.2) is 61.6 Å². The topological polar surface area (TPSA) is 53.0 Å². The monoisotopic (exact) mass is 365 g/mol. The number of para-hydroxylation sites is 2. The Kier molecular flexibility index (Phi) is 5.84. The molecular formula is C21H27N5O. The number of ether oxygens (including phenoxy) is 1. The van der Waals surface area contributed by atoms with E-state index in [-0.39, 0.29) is 0 Å². The molecule has 1 aromatic carbocycles. The zero-order chi connectivity index (χ0) is 18.3. The molecule has 4 rings (SSSR count). The van der Waals surface area contributed by atoms with Crippen molar-refractivity contribution in [3.05, 3.63) is 48.7 Å². The number of hydrogen-bond donors (Lipinski definition) is 1. The van der Waals surface area contributed by atoms with E-state index in [9.17, 15) is 0 Å². The highest BCUT2D eigenvalue weighted by atomic mass is 16.5. The van der Waals surface area contributed by atoms with Gasteiger partial charge in [-0.05, 0) is 43.7 Å². The van der Waals surface area contributed by atoms with Crippen molar-refractivity contribution in [3.8, 4) is 5.75 Å². The van der Waals surface area contributed by atoms with Gasteiger partial charge < -0.3 is 15.0 Å². The maximum atomic E-state index is 5.72. The van der Waals surface area contributed by atoms with E-state index in [2.05, 4.69) is 37.2 Å². The fraction of sp³-hybridized carbons (Fsp3) is 0.429. The van der Waals surface area contributed by atoms with E-state index >= 15 is 0 Å². The lowest BCUT2D eigenvalue weighted by molar-refractivity contribution is 0.253. The average molecular weight is 365 g/mol. The normalized spacial score (nSPS) is 18.7. The minimum absolute atomic E-state index is 0.534. The van der Waals surface area contributed by atoms with Crippen molar-refractivity contribution in [3.63, 3.8) is 0 Å². The maximum Gasteiger partial charge on any atom is 0.145 e. The molecule has 0 atom stereocenters. The third-order valence-corrected chi connectivity index (χ3v) is 5.06. The van der Waals surface area contributed by atoms with Crippen LogP contribution in [0.2, 0.25) is 0 Å². The molecule has 0 bridgehead atoms. The molecule has 2 aliphatic heterocycles. The highest BCUT2D eigenvalue weighted by Gasteiger charge is 2.17. The lowest BCUT2D eigenvalue weighted by atomic mass is 10.2. The van der Waals surface area contributed by atoms with Crippen molar-refractivity contribution in [1.82, 2.24) is 9.88 Å². The zero-order valence-corrected chi connectivity index (χ0v) is 15.7. The van der Waals surface area contributed by atoms with Gasteiger partial charge in [-0.25, -0.2) is 4.98 Å². The Morgan fingerprint density at radius 3 is 2.70 bits per heavy atom. The summed E-state index contributed by atoms with van der Waals surface area (Å²) in [5.74, 6) is 2.93. The molecule has 2 aliphatic rings. The fourth-order valence-corrected chi connectivity index (χ4v) is 3.52. The van der Waals surface area contributed by atoms with E-state index < -0.39 is 0 Å². The Balaban J connectivity index is 1.14. The third kappa shape index (κ3) is 4.77. The molecule has 1 N–H and O–H groups in total. The van der Waals surface area contributed by atoms with Gasteiger partial charge in [0, 0.05) is 38.9 Å². The number of anilines is 2. The average Bonchev–Trinajstić information content (AvgIpc) is 2.74. The molecular weight excluding hydrogens is 338 g/mol. The molecule has 1 aromatic heterocycles. The standard InChI is InChI=1S/C21H27N5O/c1-2-8-19-18(7-1)24-20(17-27-19)22-10-5-6-12-25-13-15-26(16-14-25)21-9-3-4-11-23-21/h1-4,7-9,11H,5-6,10,12-17H2,(H,22,24). The number of aromatic nitrogens is 1. The van der Waals surface area contributed by atoms with Gasteiger partial charge in [-0.2, -0.15) is 0 Å². The van der Waals surface area contributed by atoms with Crippen LogP contribution in [-0.2, 0) is 0 Å². The van der Waals surface area contributed by atoms with Crippen molar-refractivity contribution >= 4 is 17.3 Å². The highest BCUT2D eigenvalue weighted by molar-refractivity contribution is 5.99. The summed E-state index contributed by atoms with van der Waals surface area (Å²) in [5, 5.41) is 3.36. The summed E-state index contributed by atoms with van der Waals surface area (Å²) < 4.78 is 5.72. The molecule has 2 aromatic rings. The predicted octanol–water partition coefficient (Wildman–Crippen LogP) is 2.89. The Hall–Kier alpha value is -2.60. The summed E-state index contributed by atoms with van der Waals surface area (Å²) >= 11 is 0. The summed E-state index contributed by atoms with van der Waals surface area (Å²) in [4.78, 5) is 14.0. The predicted molar refractivity (Wildman–Crippen MR) is 110 cm³/mol. The van der Waals surface area contributed by atoms with Crippen LogP contribution in [0.25, 0.3) is 0 Å². The molecule has 0 amide bonds. The summed E-state index contributed by atoms with van der Waals surface area (Å²) in [6.45, 7) is 6.86. The molecule has 1 saturated heterocycles. The summed E-state index contributed by atoms with van der Waals surface area (Å²) in [6.07, 6.45) is 4.15. The third-order valence-electron chi connectivity index (χ3n) is 5.06. The Morgan fingerprint density at radius 2 is 1.85 bits per heavy atom. The van der Waals surface area contributed by atoms with E-state index in [1.807, 2.05) is 36.5 Å². The van der Waals surface area contributed by atoms with Gasteiger partial charge >= 0.3 is 0 Å². The van der Waals surface area contributed by atoms with Crippen molar-refractivity contribution < 1.29 is 4.74 Å². The number of piperazine rings is 1. The molecule has 6 nitrogen and oxygen atoms in total. The number of nitrogens with zero attached hydrogens (tertiary/aromatic N) is 4. The van der Waals surface area contributed by atoms with E-state index in [0.29, 0.717) is 6.61 Å². The second-order valence-electron chi connectivity index (χ2n) is 6.96. The number of aliphatic imine (C=N–C) groups is 1. The van der Waals surface area contributed by atoms with Crippen molar-refractivity contribution in [2.75, 3.05) is 56.1 Å². The molecule has 142 valence electrons. The van der Waals surface area contributed by atoms with Gasteiger partial charge in [0.05, 0.1) is 5.69 Å². The number of benzene rings is 1. The first-order valence-electron chi connectivity index (χ1n) is 9.79. The fourth-order valence-electron chi connectivity index (χ4n) is 3.52. The van der Waals surface area contributed by atoms with Crippen LogP contribution in [0.3, 0.4) is 0 Å². The van der Waals surface area contributed by atoms with Gasteiger partial charge in [-0.1, -0.05) is 18.2 Å². The number of pyridine rings is 1. The second kappa shape index (κ2) is 8.86. The highest BCUT2D eigenvalue weighted by Crippen LogP contribution is 2.26. The van der Waals surface area contributed by atoms with Crippen molar-refractivity contribution in [1.29, 1.82) is 0 Å². The summed E-state index contributed by atoms with van der Waals surface area (Å²) in [5.41, 5.74) is 1.01. The summed E-state index contributed by atoms with van der Waals surface area (Å²) in [6, 6.07) is 14.1. The van der Waals surface area contributed by atoms with Gasteiger partial charge in [0.15, 0.2) is 0 Å². The molecule has 27 heavy (non-hydrogen) atoms. The Labute approximate surface area is 160 Å². The van der Waals surface area contributed by atoms with Gasteiger partial charge in [0.1, 0.15) is 24.0 Å². The van der Waals surface area contributed by atoms with Crippen LogP contribution in [0.5, 0.6) is 5.75 Å². The molecule has 0 spiro atoms. The first kappa shape index (κ1) is 17.8. The number of amidine groups is 1. The number of fused-ring (bicyclic) bond motifs is 1. The zero-order valence-electron chi connectivity index (χ0n) is 15.7. The molecule has 3 heterocycles. The van der Waals surface area contributed by atoms with Gasteiger partial charge in [0.25, 0.3) is 0 Å². The lowest BCUT2D eigenvalue weighted by Crippen LogP contribution is -2.46. The van der Waals surface area contributed by atoms with Crippen LogP contribution in [0.15, 0.2) is 53.7 Å². The van der Waals surface area contributed by atoms with Crippen molar-refractivity contribution in [2.24, 2.45) is 4.99 Å². The van der Waals surface area contributed by atoms with Gasteiger partial charge in [-0.3, -0.25) is 9.89 Å². The first-order valence-corrected chi connectivity index (χ1v) is 9.79. The Morgan fingerprint density at radius 1 is 1.00 bits per heavy atom. The minimum Gasteiger partial charge on any atom is -0.484 e. The molecule has 1 fully saturated rings. The first-order chi connectivity index (χ1) is 13.4. The van der Waals surface area contributed by atoms with Crippen LogP contribution in [0, 0.1) is 0 Å². The van der Waals surface area contributed by atoms with Crippen LogP contribution < -0.4 is 15.0 Å². The molecule has 0 aliphatic carbocycles. The second-order valence-corrected chi connectivity index (χ2v) is 6.96. The van der Waals surface area contributed by atoms with E-state index in [1.165, 1.54) is 6.42 Å². The molecule has 0 unspecified atom stereocenters. The molecule has 0 radical (unpaired) electrons. The van der Waals surface area contributed by atoms with Crippen LogP contribution in [0.1, 0.15) is 12.8 Å². The van der Waals surface area contributed by atoms with E-state index in [1.54, 1.807) is 0 Å². The van der Waals surface area contributed by atoms with Crippen molar-refractivity contribution in [2.45, 2.75) is 12.8 Å². The molecule has 0 saturated carbocycles. The van der Waals surface area contributed by atoms with Crippen LogP contribution >= 0.6 is 0 Å². The molecule has 6 heteroatoms. The lowest BCUT2D eigenvalue weighted by Gasteiger charge is -2.35. The van der Waals surface area contributed by atoms with Crippen LogP contribution in [0.4, 0.5) is 11.5 Å². The minimum atomic E-state index is 0.534. The number of unbranched alkanes of at least 4 members (excludes halogenated alkanes) is 1. The van der Waals surface area contributed by atoms with Gasteiger partial charge in [0.2, 0.25) is 0 Å². The SMILES string of the molecule is c1ccc(N2CCN(CCCCN=C3COc4ccccc4N3)CC2)nc1. The number of nitrogens with one attached hydrogen (secondary N) is 1. The van der Waals surface area contributed by atoms with E-state index in [0.717, 1.165) is 68.8 Å². The maximum absolute atomic E-state index is 5.72. The smallest absolute Gasteiger partial charge is 0.145 e. The number of hydrogen-bond acceptors (Lipinski definition) is 5. The summed E-state index contributed by atoms with van der Waals surface area (Å²) in [7, 11) is 0.